The van der Waals surface area contributed by atoms with Gasteiger partial charge in [-0.3, -0.25) is 14.4 Å². The molecule has 1 aliphatic rings. The third kappa shape index (κ3) is 13.5. The molecule has 0 unspecified atom stereocenters. The molecule has 0 saturated carbocycles. The number of carboxylic acids is 1. The molecule has 0 radical (unpaired) electrons. The molecule has 15 heteroatoms. The lowest BCUT2D eigenvalue weighted by molar-refractivity contribution is -0.192. The minimum atomic E-state index is -5.08. The highest BCUT2D eigenvalue weighted by Gasteiger charge is 2.38. The van der Waals surface area contributed by atoms with Crippen molar-refractivity contribution in [2.45, 2.75) is 44.8 Å². The number of amides is 3. The van der Waals surface area contributed by atoms with Crippen molar-refractivity contribution < 1.29 is 42.2 Å². The molecule has 2 aromatic heterocycles. The zero-order valence-electron chi connectivity index (χ0n) is 33.5. The van der Waals surface area contributed by atoms with Crippen molar-refractivity contribution in [2.75, 3.05) is 43.9 Å². The largest absolute Gasteiger partial charge is 0.497 e. The van der Waals surface area contributed by atoms with Crippen molar-refractivity contribution >= 4 is 47.2 Å². The number of aliphatic carboxylic acids is 1. The molecule has 0 spiro atoms. The van der Waals surface area contributed by atoms with Crippen LogP contribution < -0.4 is 20.7 Å². The summed E-state index contributed by atoms with van der Waals surface area (Å²) in [4.78, 5) is 51.3. The highest BCUT2D eigenvalue weighted by atomic mass is 19.4. The molecule has 3 heterocycles. The second-order valence-electron chi connectivity index (χ2n) is 14.2. The highest BCUT2D eigenvalue weighted by molar-refractivity contribution is 6.07. The molecule has 1 aliphatic heterocycles. The number of carbonyl (C=O) groups is 4. The quantitative estimate of drug-likeness (QED) is 0.0783. The average Bonchev–Trinajstić information content (AvgIpc) is 3.82. The molecular weight excluding hydrogens is 778 g/mol. The van der Waals surface area contributed by atoms with Gasteiger partial charge in [-0.05, 0) is 91.9 Å². The second-order valence-corrected chi connectivity index (χ2v) is 14.2. The number of likely N-dealkylation sites (tertiary alicyclic amines) is 1. The molecule has 1 fully saturated rings. The summed E-state index contributed by atoms with van der Waals surface area (Å²) in [6.45, 7) is 4.16. The minimum Gasteiger partial charge on any atom is -0.497 e. The van der Waals surface area contributed by atoms with Crippen LogP contribution in [0.1, 0.15) is 73.7 Å². The van der Waals surface area contributed by atoms with E-state index in [1.165, 1.54) is 24.8 Å². The highest BCUT2D eigenvalue weighted by Crippen LogP contribution is 2.21. The summed E-state index contributed by atoms with van der Waals surface area (Å²) in [6.07, 6.45) is 7.80. The zero-order valence-corrected chi connectivity index (χ0v) is 33.5. The Balaban J connectivity index is 0.000000896. The predicted octanol–water partition coefficient (Wildman–Crippen LogP) is 7.99. The third-order valence-electron chi connectivity index (χ3n) is 9.73. The number of carbonyl (C=O) groups excluding carboxylic acids is 3. The predicted molar refractivity (Wildman–Crippen MR) is 225 cm³/mol. The number of hydrogen-bond acceptors (Lipinski definition) is 6. The number of rotatable bonds is 15. The van der Waals surface area contributed by atoms with Crippen LogP contribution in [0.2, 0.25) is 0 Å². The molecule has 6 rings (SSSR count). The van der Waals surface area contributed by atoms with Crippen molar-refractivity contribution in [3.05, 3.63) is 137 Å². The van der Waals surface area contributed by atoms with E-state index in [0.717, 1.165) is 49.4 Å². The molecule has 316 valence electrons. The van der Waals surface area contributed by atoms with Gasteiger partial charge in [0.25, 0.3) is 17.7 Å². The van der Waals surface area contributed by atoms with E-state index in [2.05, 4.69) is 33.0 Å². The first-order valence-corrected chi connectivity index (χ1v) is 19.5. The van der Waals surface area contributed by atoms with Crippen LogP contribution in [-0.4, -0.2) is 82.3 Å². The van der Waals surface area contributed by atoms with Crippen LogP contribution in [0, 0.1) is 0 Å². The number of halogens is 3. The van der Waals surface area contributed by atoms with Crippen LogP contribution in [0.5, 0.6) is 5.75 Å². The molecule has 12 nitrogen and oxygen atoms in total. The van der Waals surface area contributed by atoms with E-state index < -0.39 is 12.1 Å². The zero-order chi connectivity index (χ0) is 43.1. The maximum Gasteiger partial charge on any atom is 0.490 e. The lowest BCUT2D eigenvalue weighted by atomic mass is 10.1. The molecule has 1 saturated heterocycles. The van der Waals surface area contributed by atoms with Gasteiger partial charge in [0.1, 0.15) is 17.1 Å². The summed E-state index contributed by atoms with van der Waals surface area (Å²) >= 11 is 0. The Kier molecular flexibility index (Phi) is 15.9. The number of piperidine rings is 1. The number of anilines is 2. The fourth-order valence-corrected chi connectivity index (χ4v) is 6.59. The summed E-state index contributed by atoms with van der Waals surface area (Å²) in [5.74, 6) is -2.76. The number of alkyl halides is 3. The second kappa shape index (κ2) is 21.4. The summed E-state index contributed by atoms with van der Waals surface area (Å²) in [7, 11) is 3.39. The number of ether oxygens (including phenoxy) is 1. The molecule has 4 N–H and O–H groups in total. The van der Waals surface area contributed by atoms with Gasteiger partial charge in [-0.2, -0.15) is 13.2 Å². The van der Waals surface area contributed by atoms with E-state index in [9.17, 15) is 27.6 Å². The Hall–Kier alpha value is -6.61. The number of aryl methyl sites for hydroxylation is 3. The van der Waals surface area contributed by atoms with Crippen LogP contribution in [0.25, 0.3) is 12.2 Å². The van der Waals surface area contributed by atoms with Gasteiger partial charge in [-0.25, -0.2) is 4.79 Å². The lowest BCUT2D eigenvalue weighted by Gasteiger charge is -2.26. The number of benzene rings is 3. The maximum atomic E-state index is 13.5. The molecule has 60 heavy (non-hydrogen) atoms. The van der Waals surface area contributed by atoms with E-state index in [-0.39, 0.29) is 17.7 Å². The van der Waals surface area contributed by atoms with E-state index in [1.807, 2.05) is 77.5 Å². The molecule has 0 aliphatic carbocycles. The molecule has 0 bridgehead atoms. The Bertz CT molecular complexity index is 2240. The van der Waals surface area contributed by atoms with Gasteiger partial charge >= 0.3 is 12.1 Å². The topological polar surface area (TPSA) is 147 Å². The van der Waals surface area contributed by atoms with Gasteiger partial charge in [-0.1, -0.05) is 73.2 Å². The fourth-order valence-electron chi connectivity index (χ4n) is 6.59. The van der Waals surface area contributed by atoms with E-state index in [1.54, 1.807) is 49.2 Å². The first kappa shape index (κ1) is 44.5. The first-order valence-electron chi connectivity index (χ1n) is 19.5. The fraction of sp³-hybridized carbons (Fsp3) is 0.289. The van der Waals surface area contributed by atoms with Gasteiger partial charge in [0, 0.05) is 44.6 Å². The number of aromatic nitrogens is 2. The van der Waals surface area contributed by atoms with Gasteiger partial charge in [0.05, 0.1) is 18.5 Å². The van der Waals surface area contributed by atoms with Crippen LogP contribution in [0.4, 0.5) is 24.5 Å². The molecule has 5 aromatic rings. The summed E-state index contributed by atoms with van der Waals surface area (Å²) in [5, 5.41) is 16.1. The number of carboxylic acid groups (broad SMARTS) is 1. The van der Waals surface area contributed by atoms with Crippen LogP contribution in [-0.2, 0) is 24.8 Å². The molecule has 3 amide bonds. The third-order valence-corrected chi connectivity index (χ3v) is 9.73. The van der Waals surface area contributed by atoms with Gasteiger partial charge in [-0.15, -0.1) is 0 Å². The molecule has 3 aromatic carbocycles. The summed E-state index contributed by atoms with van der Waals surface area (Å²) in [5.41, 5.74) is 5.59. The van der Waals surface area contributed by atoms with Gasteiger partial charge in [0.15, 0.2) is 0 Å². The van der Waals surface area contributed by atoms with Crippen LogP contribution >= 0.6 is 0 Å². The number of hydrogen-bond donors (Lipinski definition) is 4. The summed E-state index contributed by atoms with van der Waals surface area (Å²) in [6, 6.07) is 28.7. The Labute approximate surface area is 346 Å². The van der Waals surface area contributed by atoms with Gasteiger partial charge < -0.3 is 39.8 Å². The lowest BCUT2D eigenvalue weighted by Crippen LogP contribution is -2.38. The van der Waals surface area contributed by atoms with E-state index in [0.29, 0.717) is 41.4 Å². The van der Waals surface area contributed by atoms with Gasteiger partial charge in [0.2, 0.25) is 0 Å². The smallest absolute Gasteiger partial charge is 0.490 e. The van der Waals surface area contributed by atoms with E-state index >= 15 is 0 Å². The van der Waals surface area contributed by atoms with Crippen molar-refractivity contribution in [1.29, 1.82) is 0 Å². The number of nitrogens with zero attached hydrogens (tertiary/aromatic N) is 3. The maximum absolute atomic E-state index is 13.5. The SMILES string of the molecule is COc1cccc(/C=C/c2ccc(C(=O)Nc3cc(C(=O)Nc4cc(C(=O)NCCN5CCCCC5)n(CCCc5ccccc5)c4)n(C)c3)cc2)c1.O=C(O)C(F)(F)F. The Morgan fingerprint density at radius 1 is 0.750 bits per heavy atom. The van der Waals surface area contributed by atoms with Crippen molar-refractivity contribution in [1.82, 2.24) is 19.4 Å². The minimum absolute atomic E-state index is 0.160. The Morgan fingerprint density at radius 2 is 1.40 bits per heavy atom. The van der Waals surface area contributed by atoms with Crippen LogP contribution in [0.15, 0.2) is 103 Å². The first-order chi connectivity index (χ1) is 28.8. The number of methoxy groups -OCH3 is 1. The monoisotopic (exact) mass is 826 g/mol. The standard InChI is InChI=1S/C43H48N6O4.C2HF3O2/c1-47-30-36(45-41(50)35-20-18-33(19-21-35)16-17-34-13-9-15-38(27-34)53-2)28-39(47)43(52)46-37-29-40(42(51)44-22-26-48-23-7-4-8-24-48)49(31-37)25-10-14-32-11-5-3-6-12-32;3-2(4,5)1(6)7/h3,5-6,9,11-13,15-21,27-31H,4,7-8,10,14,22-26H2,1-2H3,(H,44,51)(H,45,50)(H,46,52);(H,6,7)/b17-16+;. The van der Waals surface area contributed by atoms with Crippen LogP contribution in [0.3, 0.4) is 0 Å². The summed E-state index contributed by atoms with van der Waals surface area (Å²) < 4.78 is 40.6. The Morgan fingerprint density at radius 3 is 2.08 bits per heavy atom. The molecular formula is C45H49F3N6O6. The van der Waals surface area contributed by atoms with Crippen molar-refractivity contribution in [3.8, 4) is 5.75 Å². The normalized spacial score (nSPS) is 12.9. The van der Waals surface area contributed by atoms with E-state index in [4.69, 9.17) is 14.6 Å². The molecule has 0 atom stereocenters. The van der Waals surface area contributed by atoms with Crippen molar-refractivity contribution in [3.63, 3.8) is 0 Å². The van der Waals surface area contributed by atoms with Crippen molar-refractivity contribution in [2.24, 2.45) is 7.05 Å². The number of nitrogens with one attached hydrogen (secondary N) is 3. The average molecular weight is 827 g/mol.